The van der Waals surface area contributed by atoms with Gasteiger partial charge in [0.2, 0.25) is 5.96 Å². The van der Waals surface area contributed by atoms with Crippen molar-refractivity contribution in [3.63, 3.8) is 0 Å². The Bertz CT molecular complexity index is 517. The maximum absolute atomic E-state index is 6.03. The zero-order valence-electron chi connectivity index (χ0n) is 15.4. The highest BCUT2D eigenvalue weighted by atomic mass is 35.5. The molecular weight excluding hydrogens is 370 g/mol. The molecule has 3 nitrogen and oxygen atoms in total. The molecule has 0 spiro atoms. The van der Waals surface area contributed by atoms with Crippen LogP contribution in [0.15, 0.2) is 14.7 Å². The molecule has 1 aromatic rings. The standard InChI is InChI=1S/C19H32ClN3S2/c1-2-3-4-5-6-7-8-9-10-11-12-13-14-21-19-22-16-15-17(20)24-18(16)25-23-19/h15H,2-14H2,1H3,(H2,21,22,23). The number of hydrogen-bond donors (Lipinski definition) is 2. The smallest absolute Gasteiger partial charge is 0.207 e. The van der Waals surface area contributed by atoms with Gasteiger partial charge in [0.25, 0.3) is 0 Å². The predicted octanol–water partition coefficient (Wildman–Crippen LogP) is 7.48. The SMILES string of the molecule is CCCCCCCCCCCCCCNC1=NSc2sc(Cl)cc2N1. The third kappa shape index (κ3) is 8.69. The Morgan fingerprint density at radius 2 is 1.56 bits per heavy atom. The molecule has 0 unspecified atom stereocenters. The Labute approximate surface area is 166 Å². The van der Waals surface area contributed by atoms with E-state index in [0.29, 0.717) is 0 Å². The van der Waals surface area contributed by atoms with Crippen LogP contribution in [-0.4, -0.2) is 12.5 Å². The van der Waals surface area contributed by atoms with Crippen LogP contribution in [0.25, 0.3) is 0 Å². The van der Waals surface area contributed by atoms with Gasteiger partial charge in [-0.3, -0.25) is 0 Å². The average molecular weight is 402 g/mol. The highest BCUT2D eigenvalue weighted by Gasteiger charge is 2.15. The summed E-state index contributed by atoms with van der Waals surface area (Å²) in [6.07, 6.45) is 16.6. The van der Waals surface area contributed by atoms with Gasteiger partial charge >= 0.3 is 0 Å². The topological polar surface area (TPSA) is 36.4 Å². The maximum atomic E-state index is 6.03. The van der Waals surface area contributed by atoms with Gasteiger partial charge in [-0.25, -0.2) is 0 Å². The Morgan fingerprint density at radius 3 is 2.20 bits per heavy atom. The first kappa shape index (κ1) is 20.9. The zero-order chi connectivity index (χ0) is 17.7. The van der Waals surface area contributed by atoms with Crippen molar-refractivity contribution in [2.24, 2.45) is 4.40 Å². The number of fused-ring (bicyclic) bond motifs is 1. The van der Waals surface area contributed by atoms with Crippen molar-refractivity contribution in [2.75, 3.05) is 11.9 Å². The van der Waals surface area contributed by atoms with Crippen molar-refractivity contribution in [3.05, 3.63) is 10.4 Å². The Balaban J connectivity index is 1.37. The van der Waals surface area contributed by atoms with E-state index >= 15 is 0 Å². The molecule has 0 amide bonds. The van der Waals surface area contributed by atoms with E-state index in [2.05, 4.69) is 22.0 Å². The van der Waals surface area contributed by atoms with Crippen LogP contribution in [0.1, 0.15) is 84.0 Å². The van der Waals surface area contributed by atoms with Crippen molar-refractivity contribution in [1.82, 2.24) is 5.32 Å². The number of unbranched alkanes of at least 4 members (excludes halogenated alkanes) is 11. The van der Waals surface area contributed by atoms with Crippen molar-refractivity contribution in [2.45, 2.75) is 88.2 Å². The van der Waals surface area contributed by atoms with Gasteiger partial charge < -0.3 is 10.6 Å². The largest absolute Gasteiger partial charge is 0.355 e. The third-order valence-electron chi connectivity index (χ3n) is 4.46. The lowest BCUT2D eigenvalue weighted by molar-refractivity contribution is 0.543. The molecule has 0 aromatic carbocycles. The maximum Gasteiger partial charge on any atom is 0.207 e. The van der Waals surface area contributed by atoms with Crippen LogP contribution in [0, 0.1) is 0 Å². The van der Waals surface area contributed by atoms with Crippen LogP contribution in [0.2, 0.25) is 4.34 Å². The molecule has 1 aliphatic rings. The van der Waals surface area contributed by atoms with Crippen LogP contribution in [0.3, 0.4) is 0 Å². The highest BCUT2D eigenvalue weighted by molar-refractivity contribution is 8.00. The number of guanidine groups is 1. The summed E-state index contributed by atoms with van der Waals surface area (Å²) >= 11 is 9.10. The van der Waals surface area contributed by atoms with E-state index in [1.54, 1.807) is 11.3 Å². The third-order valence-corrected chi connectivity index (χ3v) is 6.66. The van der Waals surface area contributed by atoms with E-state index < -0.39 is 0 Å². The number of thiophene rings is 1. The molecule has 0 aliphatic carbocycles. The van der Waals surface area contributed by atoms with Crippen LogP contribution in [0.4, 0.5) is 5.69 Å². The summed E-state index contributed by atoms with van der Waals surface area (Å²) in [6, 6.07) is 1.97. The number of nitrogens with zero attached hydrogens (tertiary/aromatic N) is 1. The summed E-state index contributed by atoms with van der Waals surface area (Å²) in [7, 11) is 0. The number of rotatable bonds is 13. The molecule has 2 rings (SSSR count). The van der Waals surface area contributed by atoms with E-state index in [-0.39, 0.29) is 0 Å². The van der Waals surface area contributed by atoms with Gasteiger partial charge in [0.15, 0.2) is 0 Å². The summed E-state index contributed by atoms with van der Waals surface area (Å²) in [6.45, 7) is 3.26. The fourth-order valence-corrected chi connectivity index (χ4v) is 5.06. The van der Waals surface area contributed by atoms with Crippen molar-refractivity contribution >= 4 is 46.5 Å². The van der Waals surface area contributed by atoms with Crippen LogP contribution >= 0.6 is 34.9 Å². The van der Waals surface area contributed by atoms with Crippen LogP contribution in [0.5, 0.6) is 0 Å². The summed E-state index contributed by atoms with van der Waals surface area (Å²) in [5.74, 6) is 0.857. The van der Waals surface area contributed by atoms with Gasteiger partial charge in [0.1, 0.15) is 4.21 Å². The molecule has 2 N–H and O–H groups in total. The van der Waals surface area contributed by atoms with Gasteiger partial charge in [0.05, 0.1) is 10.0 Å². The number of anilines is 1. The Kier molecular flexibility index (Phi) is 10.8. The zero-order valence-corrected chi connectivity index (χ0v) is 17.8. The second-order valence-electron chi connectivity index (χ2n) is 6.72. The summed E-state index contributed by atoms with van der Waals surface area (Å²) in [5.41, 5.74) is 1.08. The lowest BCUT2D eigenvalue weighted by Gasteiger charge is -2.15. The van der Waals surface area contributed by atoms with Gasteiger partial charge in [-0.15, -0.1) is 11.3 Å². The molecule has 1 aliphatic heterocycles. The van der Waals surface area contributed by atoms with Crippen LogP contribution < -0.4 is 10.6 Å². The van der Waals surface area contributed by atoms with E-state index in [0.717, 1.165) is 26.7 Å². The fourth-order valence-electron chi connectivity index (χ4n) is 2.99. The Morgan fingerprint density at radius 1 is 0.960 bits per heavy atom. The summed E-state index contributed by atoms with van der Waals surface area (Å²) in [5, 5.41) is 6.69. The van der Waals surface area contributed by atoms with Gasteiger partial charge in [-0.05, 0) is 12.5 Å². The van der Waals surface area contributed by atoms with E-state index in [1.807, 2.05) is 6.07 Å². The van der Waals surface area contributed by atoms with Gasteiger partial charge in [-0.2, -0.15) is 4.40 Å². The summed E-state index contributed by atoms with van der Waals surface area (Å²) in [4.78, 5) is 0. The molecule has 0 bridgehead atoms. The average Bonchev–Trinajstić information content (AvgIpc) is 2.98. The number of halogens is 1. The molecule has 0 saturated carbocycles. The number of hydrogen-bond acceptors (Lipinski definition) is 5. The first-order chi connectivity index (χ1) is 12.3. The first-order valence-electron chi connectivity index (χ1n) is 9.85. The minimum Gasteiger partial charge on any atom is -0.355 e. The Hall–Kier alpha value is -0.390. The summed E-state index contributed by atoms with van der Waals surface area (Å²) < 4.78 is 6.39. The lowest BCUT2D eigenvalue weighted by atomic mass is 10.1. The molecule has 0 fully saturated rings. The minimum atomic E-state index is 0.808. The van der Waals surface area contributed by atoms with E-state index in [4.69, 9.17) is 11.6 Å². The fraction of sp³-hybridized carbons (Fsp3) is 0.737. The number of nitrogens with one attached hydrogen (secondary N) is 2. The van der Waals surface area contributed by atoms with Crippen LogP contribution in [-0.2, 0) is 0 Å². The second-order valence-corrected chi connectivity index (χ2v) is 9.44. The molecule has 0 radical (unpaired) electrons. The molecule has 2 heterocycles. The first-order valence-corrected chi connectivity index (χ1v) is 11.8. The molecule has 142 valence electrons. The predicted molar refractivity (Wildman–Crippen MR) is 115 cm³/mol. The molecule has 25 heavy (non-hydrogen) atoms. The molecule has 1 aromatic heterocycles. The second kappa shape index (κ2) is 12.9. The quantitative estimate of drug-likeness (QED) is 0.265. The van der Waals surface area contributed by atoms with Gasteiger partial charge in [0, 0.05) is 18.5 Å². The van der Waals surface area contributed by atoms with Gasteiger partial charge in [-0.1, -0.05) is 89.2 Å². The normalized spacial score (nSPS) is 13.3. The van der Waals surface area contributed by atoms with E-state index in [1.165, 1.54) is 89.0 Å². The molecule has 0 saturated heterocycles. The van der Waals surface area contributed by atoms with E-state index in [9.17, 15) is 0 Å². The molecular formula is C19H32ClN3S2. The lowest BCUT2D eigenvalue weighted by Crippen LogP contribution is -2.32. The molecule has 6 heteroatoms. The van der Waals surface area contributed by atoms with Crippen molar-refractivity contribution in [1.29, 1.82) is 0 Å². The minimum absolute atomic E-state index is 0.808. The monoisotopic (exact) mass is 401 g/mol. The van der Waals surface area contributed by atoms with Crippen molar-refractivity contribution in [3.8, 4) is 0 Å². The molecule has 0 atom stereocenters. The van der Waals surface area contributed by atoms with Crippen molar-refractivity contribution < 1.29 is 0 Å². The highest BCUT2D eigenvalue weighted by Crippen LogP contribution is 2.41.